The molecule has 3 aromatic rings. The van der Waals surface area contributed by atoms with E-state index in [-0.39, 0.29) is 22.4 Å². The molecule has 4 rings (SSSR count). The zero-order chi connectivity index (χ0) is 20.5. The summed E-state index contributed by atoms with van der Waals surface area (Å²) in [5.74, 6) is -3.54. The number of furan rings is 2. The zero-order valence-corrected chi connectivity index (χ0v) is 15.3. The molecule has 0 unspecified atom stereocenters. The average Bonchev–Trinajstić information content (AvgIpc) is 3.28. The van der Waals surface area contributed by atoms with Gasteiger partial charge in [0, 0.05) is 32.2 Å². The van der Waals surface area contributed by atoms with E-state index in [2.05, 4.69) is 15.5 Å². The number of nitrogens with zero attached hydrogens (tertiary/aromatic N) is 1. The summed E-state index contributed by atoms with van der Waals surface area (Å²) in [5, 5.41) is 5.55. The van der Waals surface area contributed by atoms with Gasteiger partial charge in [0.05, 0.1) is 11.9 Å². The molecule has 0 spiro atoms. The Morgan fingerprint density at radius 1 is 1.17 bits per heavy atom. The maximum Gasteiger partial charge on any atom is 0.291 e. The Bertz CT molecular complexity index is 1090. The van der Waals surface area contributed by atoms with Crippen LogP contribution in [0.25, 0.3) is 11.0 Å². The second kappa shape index (κ2) is 7.64. The zero-order valence-electron chi connectivity index (χ0n) is 15.3. The first-order valence-corrected chi connectivity index (χ1v) is 8.97. The standard InChI is InChI=1S/C19H18F2N4O4/c20-10-7-12-15(17(18(22)26)29-16(12)13(21)8-10)24-19(27)14-2-1-11(28-14)9-25-5-3-23-4-6-25/h1-2,7-8,23H,3-6,9H2,(H2,22,26)(H,24,27). The van der Waals surface area contributed by atoms with E-state index in [1.165, 1.54) is 6.07 Å². The molecule has 1 aliphatic heterocycles. The van der Waals surface area contributed by atoms with E-state index in [9.17, 15) is 18.4 Å². The summed E-state index contributed by atoms with van der Waals surface area (Å²) in [6.45, 7) is 4.03. The molecule has 3 heterocycles. The van der Waals surface area contributed by atoms with Gasteiger partial charge in [0.2, 0.25) is 5.76 Å². The third-order valence-electron chi connectivity index (χ3n) is 4.65. The lowest BCUT2D eigenvalue weighted by molar-refractivity contribution is 0.0976. The molecule has 1 aromatic carbocycles. The number of nitrogens with two attached hydrogens (primary N) is 1. The van der Waals surface area contributed by atoms with Crippen molar-refractivity contribution in [2.24, 2.45) is 5.73 Å². The number of hydrogen-bond donors (Lipinski definition) is 3. The van der Waals surface area contributed by atoms with Crippen LogP contribution >= 0.6 is 0 Å². The minimum Gasteiger partial charge on any atom is -0.455 e. The van der Waals surface area contributed by atoms with E-state index in [1.54, 1.807) is 6.07 Å². The number of halogens is 2. The van der Waals surface area contributed by atoms with E-state index in [0.29, 0.717) is 18.4 Å². The lowest BCUT2D eigenvalue weighted by Crippen LogP contribution is -2.42. The van der Waals surface area contributed by atoms with Gasteiger partial charge in [-0.1, -0.05) is 0 Å². The molecule has 2 amide bonds. The smallest absolute Gasteiger partial charge is 0.291 e. The van der Waals surface area contributed by atoms with Crippen molar-refractivity contribution < 1.29 is 27.2 Å². The number of amides is 2. The van der Waals surface area contributed by atoms with Crippen molar-refractivity contribution in [3.63, 3.8) is 0 Å². The van der Waals surface area contributed by atoms with Crippen molar-refractivity contribution >= 4 is 28.5 Å². The van der Waals surface area contributed by atoms with Crippen LogP contribution in [-0.2, 0) is 6.54 Å². The van der Waals surface area contributed by atoms with Crippen molar-refractivity contribution in [2.75, 3.05) is 31.5 Å². The number of benzene rings is 1. The number of carbonyl (C=O) groups is 2. The summed E-state index contributed by atoms with van der Waals surface area (Å²) >= 11 is 0. The lowest BCUT2D eigenvalue weighted by atomic mass is 10.2. The highest BCUT2D eigenvalue weighted by molar-refractivity contribution is 6.13. The van der Waals surface area contributed by atoms with Crippen LogP contribution in [0.2, 0.25) is 0 Å². The number of piperazine rings is 1. The minimum absolute atomic E-state index is 0.0169. The third-order valence-corrected chi connectivity index (χ3v) is 4.65. The Labute approximate surface area is 163 Å². The van der Waals surface area contributed by atoms with Crippen LogP contribution in [0.1, 0.15) is 26.9 Å². The monoisotopic (exact) mass is 404 g/mol. The molecule has 152 valence electrons. The van der Waals surface area contributed by atoms with Gasteiger partial charge in [0.1, 0.15) is 17.3 Å². The van der Waals surface area contributed by atoms with E-state index >= 15 is 0 Å². The fraction of sp³-hybridized carbons (Fsp3) is 0.263. The van der Waals surface area contributed by atoms with Crippen LogP contribution in [0.15, 0.2) is 33.1 Å². The highest BCUT2D eigenvalue weighted by Crippen LogP contribution is 2.33. The van der Waals surface area contributed by atoms with Gasteiger partial charge in [-0.15, -0.1) is 0 Å². The predicted octanol–water partition coefficient (Wildman–Crippen LogP) is 2.06. The molecule has 0 saturated carbocycles. The quantitative estimate of drug-likeness (QED) is 0.600. The normalized spacial score (nSPS) is 15.0. The average molecular weight is 404 g/mol. The van der Waals surface area contributed by atoms with Crippen molar-refractivity contribution in [1.82, 2.24) is 10.2 Å². The van der Waals surface area contributed by atoms with E-state index in [1.807, 2.05) is 0 Å². The number of carbonyl (C=O) groups excluding carboxylic acids is 2. The third kappa shape index (κ3) is 3.84. The van der Waals surface area contributed by atoms with Gasteiger partial charge in [-0.25, -0.2) is 8.78 Å². The van der Waals surface area contributed by atoms with Crippen molar-refractivity contribution in [3.05, 3.63) is 53.2 Å². The summed E-state index contributed by atoms with van der Waals surface area (Å²) in [4.78, 5) is 26.4. The number of nitrogens with one attached hydrogen (secondary N) is 2. The Morgan fingerprint density at radius 2 is 1.93 bits per heavy atom. The summed E-state index contributed by atoms with van der Waals surface area (Å²) in [7, 11) is 0. The van der Waals surface area contributed by atoms with Crippen molar-refractivity contribution in [2.45, 2.75) is 6.54 Å². The second-order valence-corrected chi connectivity index (χ2v) is 6.68. The molecular weight excluding hydrogens is 386 g/mol. The van der Waals surface area contributed by atoms with Gasteiger partial charge >= 0.3 is 0 Å². The van der Waals surface area contributed by atoms with Gasteiger partial charge in [0.15, 0.2) is 17.2 Å². The molecule has 4 N–H and O–H groups in total. The molecule has 2 aromatic heterocycles. The van der Waals surface area contributed by atoms with Crippen LogP contribution in [0.5, 0.6) is 0 Å². The van der Waals surface area contributed by atoms with E-state index < -0.39 is 29.2 Å². The molecule has 0 atom stereocenters. The SMILES string of the molecule is NC(=O)c1oc2c(F)cc(F)cc2c1NC(=O)c1ccc(CN2CCNCC2)o1. The molecule has 8 nitrogen and oxygen atoms in total. The molecule has 10 heteroatoms. The number of primary amides is 1. The first kappa shape index (κ1) is 19.1. The number of anilines is 1. The summed E-state index contributed by atoms with van der Waals surface area (Å²) in [6.07, 6.45) is 0. The number of rotatable bonds is 5. The van der Waals surface area contributed by atoms with Gasteiger partial charge in [-0.3, -0.25) is 14.5 Å². The number of hydrogen-bond acceptors (Lipinski definition) is 6. The topological polar surface area (TPSA) is 114 Å². The Kier molecular flexibility index (Phi) is 5.03. The van der Waals surface area contributed by atoms with Crippen LogP contribution in [-0.4, -0.2) is 42.9 Å². The highest BCUT2D eigenvalue weighted by Gasteiger charge is 2.25. The Hall–Kier alpha value is -3.24. The summed E-state index contributed by atoms with van der Waals surface area (Å²) in [6, 6.07) is 4.72. The van der Waals surface area contributed by atoms with Crippen LogP contribution in [0.3, 0.4) is 0 Å². The molecule has 0 aliphatic carbocycles. The summed E-state index contributed by atoms with van der Waals surface area (Å²) in [5.41, 5.74) is 4.66. The van der Waals surface area contributed by atoms with Gasteiger partial charge in [-0.2, -0.15) is 0 Å². The minimum atomic E-state index is -1.03. The second-order valence-electron chi connectivity index (χ2n) is 6.68. The Morgan fingerprint density at radius 3 is 2.66 bits per heavy atom. The Balaban J connectivity index is 1.59. The van der Waals surface area contributed by atoms with E-state index in [0.717, 1.165) is 32.2 Å². The lowest BCUT2D eigenvalue weighted by Gasteiger charge is -2.26. The van der Waals surface area contributed by atoms with E-state index in [4.69, 9.17) is 14.6 Å². The van der Waals surface area contributed by atoms with Crippen molar-refractivity contribution in [3.8, 4) is 0 Å². The number of fused-ring (bicyclic) bond motifs is 1. The van der Waals surface area contributed by atoms with Crippen LogP contribution in [0, 0.1) is 11.6 Å². The van der Waals surface area contributed by atoms with Gasteiger partial charge in [-0.05, 0) is 18.2 Å². The summed E-state index contributed by atoms with van der Waals surface area (Å²) < 4.78 is 38.3. The molecule has 1 saturated heterocycles. The first-order valence-electron chi connectivity index (χ1n) is 8.97. The molecule has 1 fully saturated rings. The maximum absolute atomic E-state index is 14.0. The fourth-order valence-corrected chi connectivity index (χ4v) is 3.27. The first-order chi connectivity index (χ1) is 13.9. The largest absolute Gasteiger partial charge is 0.455 e. The van der Waals surface area contributed by atoms with Gasteiger partial charge in [0.25, 0.3) is 11.8 Å². The molecule has 0 bridgehead atoms. The molecule has 0 radical (unpaired) electrons. The van der Waals surface area contributed by atoms with Crippen LogP contribution < -0.4 is 16.4 Å². The molecule has 1 aliphatic rings. The highest BCUT2D eigenvalue weighted by atomic mass is 19.1. The van der Waals surface area contributed by atoms with Crippen molar-refractivity contribution in [1.29, 1.82) is 0 Å². The molecule has 29 heavy (non-hydrogen) atoms. The van der Waals surface area contributed by atoms with Gasteiger partial charge < -0.3 is 25.2 Å². The van der Waals surface area contributed by atoms with Crippen LogP contribution in [0.4, 0.5) is 14.5 Å². The maximum atomic E-state index is 14.0. The fourth-order valence-electron chi connectivity index (χ4n) is 3.27. The predicted molar refractivity (Wildman–Crippen MR) is 99.5 cm³/mol. The molecular formula is C19H18F2N4O4.